The molecule has 6 N–H and O–H groups in total. The summed E-state index contributed by atoms with van der Waals surface area (Å²) < 4.78 is 10.9. The van der Waals surface area contributed by atoms with Crippen molar-refractivity contribution in [1.29, 1.82) is 0 Å². The molecule has 34 heavy (non-hydrogen) atoms. The second-order valence-electron chi connectivity index (χ2n) is 8.42. The van der Waals surface area contributed by atoms with E-state index in [1.165, 1.54) is 0 Å². The molecule has 0 aromatic rings. The van der Waals surface area contributed by atoms with Crippen molar-refractivity contribution < 1.29 is 39.8 Å². The van der Waals surface area contributed by atoms with Gasteiger partial charge in [-0.1, -0.05) is 49.8 Å². The Hall–Kier alpha value is -1.59. The molecular formula is C25H43NO8. The number of nitrogens with one attached hydrogen (secondary N) is 1. The lowest BCUT2D eigenvalue weighted by Gasteiger charge is -2.40. The van der Waals surface area contributed by atoms with Gasteiger partial charge >= 0.3 is 0 Å². The summed E-state index contributed by atoms with van der Waals surface area (Å²) in [4.78, 5) is 12.2. The van der Waals surface area contributed by atoms with Crippen molar-refractivity contribution >= 4 is 5.91 Å². The lowest BCUT2D eigenvalue weighted by atomic mass is 9.99. The number of aliphatic hydroxyl groups excluding tert-OH is 5. The van der Waals surface area contributed by atoms with E-state index in [2.05, 4.69) is 23.5 Å². The van der Waals surface area contributed by atoms with Crippen molar-refractivity contribution in [3.63, 3.8) is 0 Å². The molecule has 7 atom stereocenters. The molecule has 9 heteroatoms. The van der Waals surface area contributed by atoms with Crippen LogP contribution in [-0.4, -0.2) is 87.5 Å². The quantitative estimate of drug-likeness (QED) is 0.141. The molecule has 1 amide bonds. The van der Waals surface area contributed by atoms with Crippen molar-refractivity contribution in [2.24, 2.45) is 0 Å². The van der Waals surface area contributed by atoms with Crippen LogP contribution < -0.4 is 5.32 Å². The molecule has 9 nitrogen and oxygen atoms in total. The maximum atomic E-state index is 12.2. The largest absolute Gasteiger partial charge is 0.394 e. The van der Waals surface area contributed by atoms with Gasteiger partial charge in [-0.15, -0.1) is 0 Å². The van der Waals surface area contributed by atoms with E-state index in [0.717, 1.165) is 32.1 Å². The minimum absolute atomic E-state index is 0.211. The molecule has 7 unspecified atom stereocenters. The molecule has 1 fully saturated rings. The topological polar surface area (TPSA) is 149 Å². The van der Waals surface area contributed by atoms with Crippen LogP contribution in [0.3, 0.4) is 0 Å². The summed E-state index contributed by atoms with van der Waals surface area (Å²) in [6.45, 7) is 3.18. The Morgan fingerprint density at radius 3 is 2.29 bits per heavy atom. The second kappa shape index (κ2) is 17.8. The Kier molecular flexibility index (Phi) is 15.9. The Bertz CT molecular complexity index is 636. The van der Waals surface area contributed by atoms with E-state index in [1.54, 1.807) is 6.08 Å². The molecule has 1 rings (SSSR count). The SMILES string of the molecule is C/C=C/CC/C=C/CC/C=C/C(O)C(COC1OC(CO)C(O)C(O)C1O)NC(=O)CCCC. The van der Waals surface area contributed by atoms with Gasteiger partial charge in [0.15, 0.2) is 6.29 Å². The summed E-state index contributed by atoms with van der Waals surface area (Å²) >= 11 is 0. The van der Waals surface area contributed by atoms with Gasteiger partial charge in [-0.25, -0.2) is 0 Å². The highest BCUT2D eigenvalue weighted by Crippen LogP contribution is 2.22. The predicted molar refractivity (Wildman–Crippen MR) is 129 cm³/mol. The molecule has 0 saturated carbocycles. The van der Waals surface area contributed by atoms with Gasteiger partial charge in [0.2, 0.25) is 5.91 Å². The average molecular weight is 486 g/mol. The van der Waals surface area contributed by atoms with Gasteiger partial charge in [0.25, 0.3) is 0 Å². The Balaban J connectivity index is 2.66. The van der Waals surface area contributed by atoms with E-state index in [9.17, 15) is 30.3 Å². The predicted octanol–water partition coefficient (Wildman–Crippen LogP) is 1.09. The van der Waals surface area contributed by atoms with Crippen LogP contribution in [0.2, 0.25) is 0 Å². The Labute approximate surface area is 202 Å². The molecule has 1 saturated heterocycles. The molecule has 0 aromatic heterocycles. The van der Waals surface area contributed by atoms with Crippen LogP contribution >= 0.6 is 0 Å². The van der Waals surface area contributed by atoms with Crippen LogP contribution in [0.15, 0.2) is 36.5 Å². The third kappa shape index (κ3) is 11.2. The zero-order valence-corrected chi connectivity index (χ0v) is 20.3. The third-order valence-electron chi connectivity index (χ3n) is 5.54. The highest BCUT2D eigenvalue weighted by Gasteiger charge is 2.44. The van der Waals surface area contributed by atoms with Crippen LogP contribution in [-0.2, 0) is 14.3 Å². The fraction of sp³-hybridized carbons (Fsp3) is 0.720. The van der Waals surface area contributed by atoms with E-state index >= 15 is 0 Å². The average Bonchev–Trinajstić information content (AvgIpc) is 2.83. The molecule has 1 heterocycles. The van der Waals surface area contributed by atoms with E-state index in [4.69, 9.17) is 9.47 Å². The standard InChI is InChI=1S/C25H43NO8/c1-3-5-7-8-9-10-11-12-13-14-19(28)18(26-21(29)15-6-4-2)17-33-25-24(32)23(31)22(30)20(16-27)34-25/h3,5,9-10,13-14,18-20,22-25,27-28,30-32H,4,6-8,11-12,15-17H2,1-2H3,(H,26,29)/b5-3+,10-9+,14-13+. The van der Waals surface area contributed by atoms with Gasteiger partial charge in [0.05, 0.1) is 25.4 Å². The van der Waals surface area contributed by atoms with Gasteiger partial charge in [-0.3, -0.25) is 4.79 Å². The number of carbonyl (C=O) groups is 1. The van der Waals surface area contributed by atoms with Gasteiger partial charge in [0, 0.05) is 6.42 Å². The van der Waals surface area contributed by atoms with Crippen molar-refractivity contribution in [1.82, 2.24) is 5.32 Å². The monoisotopic (exact) mass is 485 g/mol. The van der Waals surface area contributed by atoms with Gasteiger partial charge in [0.1, 0.15) is 24.4 Å². The number of hydrogen-bond donors (Lipinski definition) is 6. The number of rotatable bonds is 16. The molecule has 0 spiro atoms. The minimum atomic E-state index is -1.57. The molecule has 1 aliphatic rings. The van der Waals surface area contributed by atoms with Gasteiger partial charge in [-0.2, -0.15) is 0 Å². The minimum Gasteiger partial charge on any atom is -0.394 e. The highest BCUT2D eigenvalue weighted by molar-refractivity contribution is 5.76. The van der Waals surface area contributed by atoms with E-state index in [0.29, 0.717) is 12.8 Å². The molecule has 1 aliphatic heterocycles. The van der Waals surface area contributed by atoms with E-state index < -0.39 is 49.5 Å². The van der Waals surface area contributed by atoms with Gasteiger partial charge in [-0.05, 0) is 39.0 Å². The molecular weight excluding hydrogens is 442 g/mol. The number of ether oxygens (including phenoxy) is 2. The zero-order valence-electron chi connectivity index (χ0n) is 20.3. The number of aliphatic hydroxyl groups is 5. The summed E-state index contributed by atoms with van der Waals surface area (Å²) in [5.74, 6) is -0.235. The van der Waals surface area contributed by atoms with E-state index in [1.807, 2.05) is 26.0 Å². The van der Waals surface area contributed by atoms with Crippen LogP contribution in [0.5, 0.6) is 0 Å². The first kappa shape index (κ1) is 30.4. The first-order valence-electron chi connectivity index (χ1n) is 12.2. The molecule has 0 aromatic carbocycles. The highest BCUT2D eigenvalue weighted by atomic mass is 16.7. The summed E-state index contributed by atoms with van der Waals surface area (Å²) in [7, 11) is 0. The first-order chi connectivity index (χ1) is 16.3. The molecule has 0 radical (unpaired) electrons. The van der Waals surface area contributed by atoms with Crippen LogP contribution in [0, 0.1) is 0 Å². The van der Waals surface area contributed by atoms with Crippen LogP contribution in [0.4, 0.5) is 0 Å². The molecule has 0 bridgehead atoms. The maximum absolute atomic E-state index is 12.2. The number of amides is 1. The van der Waals surface area contributed by atoms with Crippen LogP contribution in [0.25, 0.3) is 0 Å². The van der Waals surface area contributed by atoms with Crippen LogP contribution in [0.1, 0.15) is 58.8 Å². The zero-order chi connectivity index (χ0) is 25.3. The summed E-state index contributed by atoms with van der Waals surface area (Å²) in [6, 6.07) is -0.815. The van der Waals surface area contributed by atoms with Crippen molar-refractivity contribution in [3.05, 3.63) is 36.5 Å². The normalized spacial score (nSPS) is 27.6. The number of allylic oxidation sites excluding steroid dienone is 5. The Morgan fingerprint density at radius 2 is 1.68 bits per heavy atom. The summed E-state index contributed by atoms with van der Waals surface area (Å²) in [6.07, 6.45) is 9.09. The summed E-state index contributed by atoms with van der Waals surface area (Å²) in [5, 5.41) is 52.7. The lowest BCUT2D eigenvalue weighted by molar-refractivity contribution is -0.302. The number of hydrogen-bond acceptors (Lipinski definition) is 8. The van der Waals surface area contributed by atoms with Crippen molar-refractivity contribution in [2.75, 3.05) is 13.2 Å². The lowest BCUT2D eigenvalue weighted by Crippen LogP contribution is -2.60. The number of carbonyl (C=O) groups excluding carboxylic acids is 1. The smallest absolute Gasteiger partial charge is 0.220 e. The van der Waals surface area contributed by atoms with Gasteiger partial charge < -0.3 is 40.3 Å². The maximum Gasteiger partial charge on any atom is 0.220 e. The summed E-state index contributed by atoms with van der Waals surface area (Å²) in [5.41, 5.74) is 0. The third-order valence-corrected chi connectivity index (χ3v) is 5.54. The first-order valence-corrected chi connectivity index (χ1v) is 12.2. The van der Waals surface area contributed by atoms with Crippen molar-refractivity contribution in [2.45, 2.75) is 102 Å². The fourth-order valence-corrected chi connectivity index (χ4v) is 3.40. The molecule has 196 valence electrons. The number of unbranched alkanes of at least 4 members (excludes halogenated alkanes) is 3. The second-order valence-corrected chi connectivity index (χ2v) is 8.42. The van der Waals surface area contributed by atoms with E-state index in [-0.39, 0.29) is 12.5 Å². The Morgan fingerprint density at radius 1 is 1.03 bits per heavy atom. The fourth-order valence-electron chi connectivity index (χ4n) is 3.40. The van der Waals surface area contributed by atoms with Crippen molar-refractivity contribution in [3.8, 4) is 0 Å². The molecule has 0 aliphatic carbocycles.